The van der Waals surface area contributed by atoms with Gasteiger partial charge in [-0.25, -0.2) is 4.39 Å². The third-order valence-electron chi connectivity index (χ3n) is 3.27. The number of nitrogens with zero attached hydrogens (tertiary/aromatic N) is 2. The number of nitro benzene ring substituents is 1. The van der Waals surface area contributed by atoms with Crippen LogP contribution < -0.4 is 10.1 Å². The van der Waals surface area contributed by atoms with E-state index in [2.05, 4.69) is 5.32 Å². The number of ether oxygens (including phenoxy) is 1. The summed E-state index contributed by atoms with van der Waals surface area (Å²) in [7, 11) is 0. The lowest BCUT2D eigenvalue weighted by atomic mass is 10.2. The van der Waals surface area contributed by atoms with Crippen molar-refractivity contribution in [2.45, 2.75) is 6.92 Å². The van der Waals surface area contributed by atoms with Crippen LogP contribution in [0.2, 0.25) is 0 Å². The SMILES string of the molecule is Cc1cc(OCC(=O)N2CCNCC2)c(F)cc1[N+](=O)[O-]. The minimum atomic E-state index is -0.847. The van der Waals surface area contributed by atoms with Gasteiger partial charge >= 0.3 is 0 Å². The molecular weight excluding hydrogens is 281 g/mol. The fourth-order valence-corrected chi connectivity index (χ4v) is 2.10. The number of halogens is 1. The van der Waals surface area contributed by atoms with Crippen LogP contribution in [0.15, 0.2) is 12.1 Å². The molecule has 1 N–H and O–H groups in total. The van der Waals surface area contributed by atoms with Crippen LogP contribution in [0.3, 0.4) is 0 Å². The summed E-state index contributed by atoms with van der Waals surface area (Å²) in [6, 6.07) is 2.04. The predicted molar refractivity (Wildman–Crippen MR) is 72.7 cm³/mol. The molecule has 0 saturated carbocycles. The van der Waals surface area contributed by atoms with Gasteiger partial charge in [0, 0.05) is 31.7 Å². The molecule has 0 atom stereocenters. The van der Waals surface area contributed by atoms with Crippen LogP contribution in [0.5, 0.6) is 5.75 Å². The van der Waals surface area contributed by atoms with Gasteiger partial charge in [0.2, 0.25) is 0 Å². The van der Waals surface area contributed by atoms with Crippen LogP contribution in [0.25, 0.3) is 0 Å². The normalized spacial score (nSPS) is 14.9. The van der Waals surface area contributed by atoms with Gasteiger partial charge < -0.3 is 15.0 Å². The van der Waals surface area contributed by atoms with Crippen molar-refractivity contribution in [1.29, 1.82) is 0 Å². The third-order valence-corrected chi connectivity index (χ3v) is 3.27. The second kappa shape index (κ2) is 6.49. The zero-order valence-corrected chi connectivity index (χ0v) is 11.6. The average molecular weight is 297 g/mol. The molecule has 0 bridgehead atoms. The van der Waals surface area contributed by atoms with Crippen LogP contribution in [-0.2, 0) is 4.79 Å². The highest BCUT2D eigenvalue weighted by molar-refractivity contribution is 5.78. The van der Waals surface area contributed by atoms with Gasteiger partial charge in [-0.3, -0.25) is 14.9 Å². The molecule has 1 aliphatic rings. The lowest BCUT2D eigenvalue weighted by Gasteiger charge is -2.27. The van der Waals surface area contributed by atoms with E-state index in [-0.39, 0.29) is 29.5 Å². The number of nitro groups is 1. The largest absolute Gasteiger partial charge is 0.481 e. The quantitative estimate of drug-likeness (QED) is 0.658. The van der Waals surface area contributed by atoms with Gasteiger partial charge in [0.15, 0.2) is 18.2 Å². The van der Waals surface area contributed by atoms with Gasteiger partial charge in [0.05, 0.1) is 11.0 Å². The Kier molecular flexibility index (Phi) is 4.69. The third kappa shape index (κ3) is 3.66. The van der Waals surface area contributed by atoms with Crippen molar-refractivity contribution in [1.82, 2.24) is 10.2 Å². The number of carbonyl (C=O) groups is 1. The number of aryl methyl sites for hydroxylation is 1. The Morgan fingerprint density at radius 2 is 2.14 bits per heavy atom. The summed E-state index contributed by atoms with van der Waals surface area (Å²) in [5.41, 5.74) is -0.0284. The zero-order chi connectivity index (χ0) is 15.4. The highest BCUT2D eigenvalue weighted by atomic mass is 19.1. The number of rotatable bonds is 4. The Bertz CT molecular complexity index is 559. The van der Waals surface area contributed by atoms with E-state index in [1.165, 1.54) is 13.0 Å². The van der Waals surface area contributed by atoms with Gasteiger partial charge in [-0.2, -0.15) is 0 Å². The molecule has 1 fully saturated rings. The molecule has 114 valence electrons. The van der Waals surface area contributed by atoms with E-state index in [4.69, 9.17) is 4.74 Å². The van der Waals surface area contributed by atoms with Gasteiger partial charge in [0.1, 0.15) is 0 Å². The van der Waals surface area contributed by atoms with Crippen molar-refractivity contribution in [3.8, 4) is 5.75 Å². The van der Waals surface area contributed by atoms with E-state index in [1.807, 2.05) is 0 Å². The van der Waals surface area contributed by atoms with Crippen LogP contribution in [0, 0.1) is 22.9 Å². The van der Waals surface area contributed by atoms with E-state index in [1.54, 1.807) is 4.90 Å². The highest BCUT2D eigenvalue weighted by Crippen LogP contribution is 2.26. The van der Waals surface area contributed by atoms with Crippen molar-refractivity contribution in [2.75, 3.05) is 32.8 Å². The first-order chi connectivity index (χ1) is 9.99. The maximum atomic E-state index is 13.7. The fraction of sp³-hybridized carbons (Fsp3) is 0.462. The van der Waals surface area contributed by atoms with E-state index < -0.39 is 10.7 Å². The summed E-state index contributed by atoms with van der Waals surface area (Å²) in [6.07, 6.45) is 0. The van der Waals surface area contributed by atoms with Gasteiger partial charge in [0.25, 0.3) is 11.6 Å². The van der Waals surface area contributed by atoms with Gasteiger partial charge in [-0.1, -0.05) is 0 Å². The zero-order valence-electron chi connectivity index (χ0n) is 11.6. The minimum absolute atomic E-state index is 0.151. The number of carbonyl (C=O) groups excluding carboxylic acids is 1. The van der Waals surface area contributed by atoms with Crippen molar-refractivity contribution < 1.29 is 18.8 Å². The first-order valence-electron chi connectivity index (χ1n) is 6.55. The summed E-state index contributed by atoms with van der Waals surface area (Å²) in [6.45, 7) is 3.82. The van der Waals surface area contributed by atoms with Crippen molar-refractivity contribution in [3.05, 3.63) is 33.6 Å². The molecule has 0 spiro atoms. The Morgan fingerprint density at radius 1 is 1.48 bits per heavy atom. The molecule has 0 radical (unpaired) electrons. The number of hydrogen-bond donors (Lipinski definition) is 1. The summed E-state index contributed by atoms with van der Waals surface area (Å²) in [4.78, 5) is 23.5. The fourth-order valence-electron chi connectivity index (χ4n) is 2.10. The lowest BCUT2D eigenvalue weighted by Crippen LogP contribution is -2.47. The van der Waals surface area contributed by atoms with Crippen LogP contribution in [0.1, 0.15) is 5.56 Å². The Morgan fingerprint density at radius 3 is 2.76 bits per heavy atom. The number of benzene rings is 1. The number of hydrogen-bond acceptors (Lipinski definition) is 5. The molecule has 1 amide bonds. The topological polar surface area (TPSA) is 84.7 Å². The van der Waals surface area contributed by atoms with Crippen LogP contribution in [-0.4, -0.2) is 48.5 Å². The summed E-state index contributed by atoms with van der Waals surface area (Å²) in [5.74, 6) is -1.23. The van der Waals surface area contributed by atoms with E-state index in [0.29, 0.717) is 13.1 Å². The first-order valence-corrected chi connectivity index (χ1v) is 6.55. The van der Waals surface area contributed by atoms with Gasteiger partial charge in [-0.05, 0) is 13.0 Å². The molecule has 0 aliphatic carbocycles. The van der Waals surface area contributed by atoms with Crippen LogP contribution >= 0.6 is 0 Å². The molecule has 1 aromatic carbocycles. The van der Waals surface area contributed by atoms with Gasteiger partial charge in [-0.15, -0.1) is 0 Å². The van der Waals surface area contributed by atoms with Crippen molar-refractivity contribution in [2.24, 2.45) is 0 Å². The Balaban J connectivity index is 2.01. The minimum Gasteiger partial charge on any atom is -0.481 e. The summed E-state index contributed by atoms with van der Waals surface area (Å²) in [5, 5.41) is 13.8. The maximum Gasteiger partial charge on any atom is 0.275 e. The Hall–Kier alpha value is -2.22. The smallest absolute Gasteiger partial charge is 0.275 e. The summed E-state index contributed by atoms with van der Waals surface area (Å²) >= 11 is 0. The second-order valence-electron chi connectivity index (χ2n) is 4.75. The molecular formula is C13H16FN3O4. The standard InChI is InChI=1S/C13H16FN3O4/c1-9-6-12(10(14)7-11(9)17(19)20)21-8-13(18)16-4-2-15-3-5-16/h6-7,15H,2-5,8H2,1H3. The molecule has 1 aromatic rings. The number of piperazine rings is 1. The highest BCUT2D eigenvalue weighted by Gasteiger charge is 2.19. The number of nitrogens with one attached hydrogen (secondary N) is 1. The molecule has 21 heavy (non-hydrogen) atoms. The average Bonchev–Trinajstić information content (AvgIpc) is 2.48. The van der Waals surface area contributed by atoms with E-state index in [9.17, 15) is 19.3 Å². The molecule has 1 aliphatic heterocycles. The maximum absolute atomic E-state index is 13.7. The van der Waals surface area contributed by atoms with E-state index >= 15 is 0 Å². The summed E-state index contributed by atoms with van der Waals surface area (Å²) < 4.78 is 18.9. The van der Waals surface area contributed by atoms with Crippen molar-refractivity contribution in [3.63, 3.8) is 0 Å². The molecule has 1 saturated heterocycles. The Labute approximate surface area is 120 Å². The molecule has 2 rings (SSSR count). The number of amides is 1. The van der Waals surface area contributed by atoms with Crippen LogP contribution in [0.4, 0.5) is 10.1 Å². The molecule has 0 aromatic heterocycles. The lowest BCUT2D eigenvalue weighted by molar-refractivity contribution is -0.385. The molecule has 1 heterocycles. The molecule has 7 nitrogen and oxygen atoms in total. The van der Waals surface area contributed by atoms with E-state index in [0.717, 1.165) is 19.2 Å². The monoisotopic (exact) mass is 297 g/mol. The molecule has 8 heteroatoms. The predicted octanol–water partition coefficient (Wildman–Crippen LogP) is 0.853. The molecule has 0 unspecified atom stereocenters. The van der Waals surface area contributed by atoms with Crippen molar-refractivity contribution >= 4 is 11.6 Å². The first kappa shape index (κ1) is 15.2. The second-order valence-corrected chi connectivity index (χ2v) is 4.75.